The quantitative estimate of drug-likeness (QED) is 0.836. The van der Waals surface area contributed by atoms with Gasteiger partial charge in [-0.2, -0.15) is 17.4 Å². The molecule has 1 unspecified atom stereocenters. The van der Waals surface area contributed by atoms with Gasteiger partial charge in [0.25, 0.3) is 10.2 Å². The predicted molar refractivity (Wildman–Crippen MR) is 74.0 cm³/mol. The Kier molecular flexibility index (Phi) is 4.91. The van der Waals surface area contributed by atoms with Gasteiger partial charge in [0.1, 0.15) is 0 Å². The molecule has 108 valence electrons. The normalized spacial score (nSPS) is 21.7. The molecule has 0 aliphatic carbocycles. The van der Waals surface area contributed by atoms with Crippen LogP contribution in [0.1, 0.15) is 29.1 Å². The summed E-state index contributed by atoms with van der Waals surface area (Å²) in [5.74, 6) is 0. The van der Waals surface area contributed by atoms with Crippen molar-refractivity contribution in [3.63, 3.8) is 0 Å². The molecule has 1 aromatic heterocycles. The van der Waals surface area contributed by atoms with Crippen molar-refractivity contribution in [1.29, 1.82) is 0 Å². The minimum absolute atomic E-state index is 0.124. The summed E-state index contributed by atoms with van der Waals surface area (Å²) in [4.78, 5) is 4.98. The first-order valence-corrected chi connectivity index (χ1v) is 8.57. The standard InChI is InChI=1S/C11H19N3O3S2/c1-9-12-6-11(18-9)7-13-19(16,17)14-5-3-2-4-10(14)8-15/h6,10,13,15H,2-5,7-8H2,1H3. The average Bonchev–Trinajstić information content (AvgIpc) is 2.82. The van der Waals surface area contributed by atoms with Crippen LogP contribution in [0.4, 0.5) is 0 Å². The van der Waals surface area contributed by atoms with E-state index in [1.54, 1.807) is 6.20 Å². The van der Waals surface area contributed by atoms with Crippen LogP contribution < -0.4 is 4.72 Å². The lowest BCUT2D eigenvalue weighted by atomic mass is 10.1. The van der Waals surface area contributed by atoms with E-state index in [9.17, 15) is 13.5 Å². The number of aliphatic hydroxyl groups is 1. The van der Waals surface area contributed by atoms with Crippen molar-refractivity contribution in [3.05, 3.63) is 16.1 Å². The molecule has 2 heterocycles. The summed E-state index contributed by atoms with van der Waals surface area (Å²) < 4.78 is 28.4. The smallest absolute Gasteiger partial charge is 0.280 e. The second kappa shape index (κ2) is 6.27. The van der Waals surface area contributed by atoms with Gasteiger partial charge in [-0.1, -0.05) is 6.42 Å². The van der Waals surface area contributed by atoms with E-state index in [1.807, 2.05) is 6.92 Å². The highest BCUT2D eigenvalue weighted by Crippen LogP contribution is 2.20. The molecule has 0 aromatic carbocycles. The van der Waals surface area contributed by atoms with Gasteiger partial charge in [0.05, 0.1) is 11.6 Å². The Bertz CT molecular complexity index is 515. The van der Waals surface area contributed by atoms with E-state index in [-0.39, 0.29) is 19.2 Å². The summed E-state index contributed by atoms with van der Waals surface area (Å²) in [7, 11) is -3.53. The summed E-state index contributed by atoms with van der Waals surface area (Å²) in [5, 5.41) is 10.2. The van der Waals surface area contributed by atoms with Crippen LogP contribution in [-0.2, 0) is 16.8 Å². The molecule has 2 rings (SSSR count). The number of rotatable bonds is 5. The second-order valence-corrected chi connectivity index (χ2v) is 7.64. The van der Waals surface area contributed by atoms with Gasteiger partial charge in [-0.3, -0.25) is 0 Å². The Labute approximate surface area is 117 Å². The Morgan fingerprint density at radius 3 is 3.00 bits per heavy atom. The maximum atomic E-state index is 12.2. The molecule has 0 amide bonds. The molecule has 1 atom stereocenters. The van der Waals surface area contributed by atoms with E-state index < -0.39 is 10.2 Å². The zero-order valence-electron chi connectivity index (χ0n) is 10.9. The molecule has 1 fully saturated rings. The summed E-state index contributed by atoms with van der Waals surface area (Å²) in [6.45, 7) is 2.49. The Hall–Kier alpha value is -0.540. The maximum Gasteiger partial charge on any atom is 0.280 e. The van der Waals surface area contributed by atoms with Crippen LogP contribution in [-0.4, -0.2) is 42.0 Å². The number of nitrogens with one attached hydrogen (secondary N) is 1. The molecule has 1 aromatic rings. The zero-order valence-corrected chi connectivity index (χ0v) is 12.5. The van der Waals surface area contributed by atoms with Crippen LogP contribution in [0.15, 0.2) is 6.20 Å². The number of hydrogen-bond donors (Lipinski definition) is 2. The first-order valence-electron chi connectivity index (χ1n) is 6.31. The third-order valence-corrected chi connectivity index (χ3v) is 5.71. The topological polar surface area (TPSA) is 82.5 Å². The van der Waals surface area contributed by atoms with Gasteiger partial charge in [0.2, 0.25) is 0 Å². The van der Waals surface area contributed by atoms with E-state index in [0.717, 1.165) is 29.1 Å². The van der Waals surface area contributed by atoms with Crippen molar-refractivity contribution in [3.8, 4) is 0 Å². The number of hydrogen-bond acceptors (Lipinski definition) is 5. The van der Waals surface area contributed by atoms with Gasteiger partial charge >= 0.3 is 0 Å². The van der Waals surface area contributed by atoms with Crippen molar-refractivity contribution in [2.45, 2.75) is 38.8 Å². The van der Waals surface area contributed by atoms with Gasteiger partial charge in [0.15, 0.2) is 0 Å². The van der Waals surface area contributed by atoms with Crippen LogP contribution >= 0.6 is 11.3 Å². The van der Waals surface area contributed by atoms with Crippen LogP contribution in [0.2, 0.25) is 0 Å². The Morgan fingerprint density at radius 1 is 1.58 bits per heavy atom. The second-order valence-electron chi connectivity index (χ2n) is 4.61. The molecule has 1 aliphatic heterocycles. The number of piperidine rings is 1. The largest absolute Gasteiger partial charge is 0.395 e. The Balaban J connectivity index is 2.00. The maximum absolute atomic E-state index is 12.2. The van der Waals surface area contributed by atoms with Crippen LogP contribution in [0.25, 0.3) is 0 Å². The van der Waals surface area contributed by atoms with E-state index in [4.69, 9.17) is 0 Å². The summed E-state index contributed by atoms with van der Waals surface area (Å²) >= 11 is 1.48. The molecule has 19 heavy (non-hydrogen) atoms. The third-order valence-electron chi connectivity index (χ3n) is 3.19. The van der Waals surface area contributed by atoms with Crippen molar-refractivity contribution >= 4 is 21.5 Å². The van der Waals surface area contributed by atoms with Crippen molar-refractivity contribution in [1.82, 2.24) is 14.0 Å². The highest BCUT2D eigenvalue weighted by atomic mass is 32.2. The highest BCUT2D eigenvalue weighted by Gasteiger charge is 2.31. The highest BCUT2D eigenvalue weighted by molar-refractivity contribution is 7.87. The SMILES string of the molecule is Cc1ncc(CNS(=O)(=O)N2CCCCC2CO)s1. The fourth-order valence-electron chi connectivity index (χ4n) is 2.21. The third kappa shape index (κ3) is 3.73. The van der Waals surface area contributed by atoms with E-state index in [0.29, 0.717) is 6.54 Å². The lowest BCUT2D eigenvalue weighted by Crippen LogP contribution is -2.50. The van der Waals surface area contributed by atoms with Crippen molar-refractivity contribution in [2.75, 3.05) is 13.2 Å². The molecule has 8 heteroatoms. The first-order chi connectivity index (χ1) is 9.03. The molecule has 2 N–H and O–H groups in total. The molecule has 0 saturated carbocycles. The van der Waals surface area contributed by atoms with Crippen LogP contribution in [0.5, 0.6) is 0 Å². The van der Waals surface area contributed by atoms with Gasteiger partial charge in [0, 0.05) is 30.2 Å². The van der Waals surface area contributed by atoms with Gasteiger partial charge < -0.3 is 5.11 Å². The lowest BCUT2D eigenvalue weighted by molar-refractivity contribution is 0.154. The summed E-state index contributed by atoms with van der Waals surface area (Å²) in [6.07, 6.45) is 4.21. The van der Waals surface area contributed by atoms with E-state index >= 15 is 0 Å². The van der Waals surface area contributed by atoms with Gasteiger partial charge in [-0.25, -0.2) is 4.98 Å². The molecule has 1 aliphatic rings. The predicted octanol–water partition coefficient (Wildman–Crippen LogP) is 0.633. The van der Waals surface area contributed by atoms with Crippen molar-refractivity contribution in [2.24, 2.45) is 0 Å². The molecule has 0 bridgehead atoms. The van der Waals surface area contributed by atoms with Crippen molar-refractivity contribution < 1.29 is 13.5 Å². The fraction of sp³-hybridized carbons (Fsp3) is 0.727. The van der Waals surface area contributed by atoms with Crippen LogP contribution in [0, 0.1) is 6.92 Å². The average molecular weight is 305 g/mol. The molecule has 0 spiro atoms. The van der Waals surface area contributed by atoms with Gasteiger partial charge in [-0.15, -0.1) is 11.3 Å². The molecule has 1 saturated heterocycles. The fourth-order valence-corrected chi connectivity index (χ4v) is 4.47. The molecular formula is C11H19N3O3S2. The molecule has 6 nitrogen and oxygen atoms in total. The molecular weight excluding hydrogens is 286 g/mol. The summed E-state index contributed by atoms with van der Waals surface area (Å²) in [6, 6.07) is -0.297. The van der Waals surface area contributed by atoms with Gasteiger partial charge in [-0.05, 0) is 19.8 Å². The lowest BCUT2D eigenvalue weighted by Gasteiger charge is -2.33. The Morgan fingerprint density at radius 2 is 2.37 bits per heavy atom. The number of nitrogens with zero attached hydrogens (tertiary/aromatic N) is 2. The van der Waals surface area contributed by atoms with Crippen LogP contribution in [0.3, 0.4) is 0 Å². The van der Waals surface area contributed by atoms with E-state index in [2.05, 4.69) is 9.71 Å². The zero-order chi connectivity index (χ0) is 13.9. The number of aliphatic hydroxyl groups excluding tert-OH is 1. The first kappa shape index (κ1) is 14.9. The van der Waals surface area contributed by atoms with E-state index in [1.165, 1.54) is 15.6 Å². The summed E-state index contributed by atoms with van der Waals surface area (Å²) in [5.41, 5.74) is 0. The monoisotopic (exact) mass is 305 g/mol. The number of thiazole rings is 1. The molecule has 0 radical (unpaired) electrons. The minimum Gasteiger partial charge on any atom is -0.395 e. The number of aryl methyl sites for hydroxylation is 1. The minimum atomic E-state index is -3.53. The number of aromatic nitrogens is 1.